The van der Waals surface area contributed by atoms with Crippen molar-refractivity contribution in [2.45, 2.75) is 24.9 Å². The molecule has 0 fully saturated rings. The molecule has 1 N–H and O–H groups in total. The second-order valence-electron chi connectivity index (χ2n) is 6.13. The number of likely N-dealkylation sites (N-methyl/N-ethyl adjacent to an activating group) is 1. The summed E-state index contributed by atoms with van der Waals surface area (Å²) in [5.74, 6) is 1.97. The summed E-state index contributed by atoms with van der Waals surface area (Å²) in [4.78, 5) is 2.18. The maximum Gasteiger partial charge on any atom is 0.125 e. The standard InChI is InChI=1S/C18H23BrN2O2/c1-21(2)16(17-6-4-10-22-17)12-20-15-5-3-9-23-18-11-13(19)7-8-14(15)18/h4,6-8,10-11,15-16,20H,3,5,9,12H2,1-2H3. The van der Waals surface area contributed by atoms with Crippen molar-refractivity contribution >= 4 is 15.9 Å². The molecule has 0 saturated heterocycles. The topological polar surface area (TPSA) is 37.6 Å². The van der Waals surface area contributed by atoms with E-state index in [0.717, 1.165) is 42.0 Å². The Morgan fingerprint density at radius 2 is 2.22 bits per heavy atom. The SMILES string of the molecule is CN(C)C(CNC1CCCOc2cc(Br)ccc21)c1ccco1. The lowest BCUT2D eigenvalue weighted by Crippen LogP contribution is -2.33. The van der Waals surface area contributed by atoms with Crippen LogP contribution in [-0.2, 0) is 0 Å². The second-order valence-corrected chi connectivity index (χ2v) is 7.04. The summed E-state index contributed by atoms with van der Waals surface area (Å²) in [6, 6.07) is 10.8. The van der Waals surface area contributed by atoms with Crippen LogP contribution < -0.4 is 10.1 Å². The number of furan rings is 1. The fraction of sp³-hybridized carbons (Fsp3) is 0.444. The number of ether oxygens (including phenoxy) is 1. The monoisotopic (exact) mass is 378 g/mol. The molecule has 2 heterocycles. The lowest BCUT2D eigenvalue weighted by molar-refractivity contribution is 0.242. The van der Waals surface area contributed by atoms with E-state index in [1.807, 2.05) is 12.1 Å². The number of halogens is 1. The van der Waals surface area contributed by atoms with Crippen molar-refractivity contribution in [3.8, 4) is 5.75 Å². The number of hydrogen-bond donors (Lipinski definition) is 1. The molecule has 2 aromatic rings. The number of nitrogens with zero attached hydrogens (tertiary/aromatic N) is 1. The molecule has 2 atom stereocenters. The summed E-state index contributed by atoms with van der Waals surface area (Å²) in [6.07, 6.45) is 3.86. The van der Waals surface area contributed by atoms with Gasteiger partial charge < -0.3 is 14.5 Å². The summed E-state index contributed by atoms with van der Waals surface area (Å²) in [6.45, 7) is 1.61. The molecule has 0 aliphatic carbocycles. The molecule has 1 aliphatic heterocycles. The van der Waals surface area contributed by atoms with Crippen molar-refractivity contribution in [3.05, 3.63) is 52.4 Å². The zero-order valence-electron chi connectivity index (χ0n) is 13.6. The van der Waals surface area contributed by atoms with Crippen molar-refractivity contribution in [1.82, 2.24) is 10.2 Å². The van der Waals surface area contributed by atoms with Crippen LogP contribution in [0.15, 0.2) is 45.5 Å². The van der Waals surface area contributed by atoms with E-state index in [1.54, 1.807) is 6.26 Å². The molecule has 0 spiro atoms. The molecule has 1 aliphatic rings. The fourth-order valence-corrected chi connectivity index (χ4v) is 3.37. The Labute approximate surface area is 145 Å². The minimum absolute atomic E-state index is 0.216. The van der Waals surface area contributed by atoms with Gasteiger partial charge in [0.25, 0.3) is 0 Å². The lowest BCUT2D eigenvalue weighted by Gasteiger charge is -2.26. The number of hydrogen-bond acceptors (Lipinski definition) is 4. The van der Waals surface area contributed by atoms with Gasteiger partial charge in [0.15, 0.2) is 0 Å². The molecule has 0 bridgehead atoms. The largest absolute Gasteiger partial charge is 0.493 e. The van der Waals surface area contributed by atoms with Gasteiger partial charge in [0.05, 0.1) is 18.9 Å². The molecule has 0 amide bonds. The van der Waals surface area contributed by atoms with Crippen LogP contribution in [0.25, 0.3) is 0 Å². The quantitative estimate of drug-likeness (QED) is 0.847. The van der Waals surface area contributed by atoms with E-state index in [-0.39, 0.29) is 6.04 Å². The molecule has 5 heteroatoms. The minimum atomic E-state index is 0.216. The van der Waals surface area contributed by atoms with E-state index in [0.29, 0.717) is 6.04 Å². The third-order valence-electron chi connectivity index (χ3n) is 4.30. The molecule has 1 aromatic carbocycles. The molecule has 124 valence electrons. The highest BCUT2D eigenvalue weighted by molar-refractivity contribution is 9.10. The fourth-order valence-electron chi connectivity index (χ4n) is 3.03. The maximum absolute atomic E-state index is 5.89. The van der Waals surface area contributed by atoms with Crippen LogP contribution in [0.3, 0.4) is 0 Å². The predicted molar refractivity (Wildman–Crippen MR) is 94.8 cm³/mol. The first-order chi connectivity index (χ1) is 11.1. The summed E-state index contributed by atoms with van der Waals surface area (Å²) in [5.41, 5.74) is 1.24. The average molecular weight is 379 g/mol. The Morgan fingerprint density at radius 1 is 1.35 bits per heavy atom. The molecule has 3 rings (SSSR count). The minimum Gasteiger partial charge on any atom is -0.493 e. The Morgan fingerprint density at radius 3 is 2.96 bits per heavy atom. The van der Waals surface area contributed by atoms with E-state index >= 15 is 0 Å². The van der Waals surface area contributed by atoms with E-state index in [9.17, 15) is 0 Å². The van der Waals surface area contributed by atoms with Gasteiger partial charge in [0.2, 0.25) is 0 Å². The van der Waals surface area contributed by atoms with Crippen molar-refractivity contribution in [3.63, 3.8) is 0 Å². The predicted octanol–water partition coefficient (Wildman–Crippen LogP) is 4.15. The summed E-state index contributed by atoms with van der Waals surface area (Å²) >= 11 is 3.52. The first-order valence-corrected chi connectivity index (χ1v) is 8.80. The van der Waals surface area contributed by atoms with Crippen molar-refractivity contribution < 1.29 is 9.15 Å². The van der Waals surface area contributed by atoms with Crippen molar-refractivity contribution in [2.75, 3.05) is 27.2 Å². The molecule has 1 aromatic heterocycles. The zero-order valence-corrected chi connectivity index (χ0v) is 15.2. The highest BCUT2D eigenvalue weighted by atomic mass is 79.9. The Bertz CT molecular complexity index is 628. The first-order valence-electron chi connectivity index (χ1n) is 8.00. The summed E-state index contributed by atoms with van der Waals surface area (Å²) < 4.78 is 12.5. The first kappa shape index (κ1) is 16.6. The molecule has 2 unspecified atom stereocenters. The smallest absolute Gasteiger partial charge is 0.125 e. The highest BCUT2D eigenvalue weighted by Gasteiger charge is 2.23. The third kappa shape index (κ3) is 3.97. The molecule has 23 heavy (non-hydrogen) atoms. The van der Waals surface area contributed by atoms with Crippen LogP contribution in [-0.4, -0.2) is 32.1 Å². The average Bonchev–Trinajstić information content (AvgIpc) is 2.96. The van der Waals surface area contributed by atoms with Gasteiger partial charge in [-0.25, -0.2) is 0 Å². The normalized spacial score (nSPS) is 19.0. The molecule has 0 radical (unpaired) electrons. The number of benzene rings is 1. The van der Waals surface area contributed by atoms with Gasteiger partial charge >= 0.3 is 0 Å². The lowest BCUT2D eigenvalue weighted by atomic mass is 10.0. The van der Waals surface area contributed by atoms with Gasteiger partial charge in [0, 0.05) is 22.6 Å². The number of fused-ring (bicyclic) bond motifs is 1. The van der Waals surface area contributed by atoms with Crippen LogP contribution >= 0.6 is 15.9 Å². The van der Waals surface area contributed by atoms with Crippen molar-refractivity contribution in [2.24, 2.45) is 0 Å². The zero-order chi connectivity index (χ0) is 16.2. The number of nitrogens with one attached hydrogen (secondary N) is 1. The van der Waals surface area contributed by atoms with Crippen LogP contribution in [0.5, 0.6) is 5.75 Å². The van der Waals surface area contributed by atoms with Gasteiger partial charge in [-0.15, -0.1) is 0 Å². The highest BCUT2D eigenvalue weighted by Crippen LogP contribution is 2.34. The van der Waals surface area contributed by atoms with Gasteiger partial charge in [-0.3, -0.25) is 4.90 Å². The van der Waals surface area contributed by atoms with Crippen LogP contribution in [0.1, 0.15) is 36.2 Å². The summed E-state index contributed by atoms with van der Waals surface area (Å²) in [5, 5.41) is 3.71. The number of rotatable bonds is 5. The van der Waals surface area contributed by atoms with Crippen LogP contribution in [0, 0.1) is 0 Å². The van der Waals surface area contributed by atoms with Gasteiger partial charge in [-0.1, -0.05) is 22.0 Å². The Kier molecular flexibility index (Phi) is 5.41. The van der Waals surface area contributed by atoms with E-state index in [1.165, 1.54) is 5.56 Å². The molecule has 4 nitrogen and oxygen atoms in total. The molecular formula is C18H23BrN2O2. The van der Waals surface area contributed by atoms with Crippen molar-refractivity contribution in [1.29, 1.82) is 0 Å². The Hall–Kier alpha value is -1.30. The van der Waals surface area contributed by atoms with Crippen LogP contribution in [0.2, 0.25) is 0 Å². The van der Waals surface area contributed by atoms with Gasteiger partial charge in [0.1, 0.15) is 11.5 Å². The van der Waals surface area contributed by atoms with Gasteiger partial charge in [-0.2, -0.15) is 0 Å². The van der Waals surface area contributed by atoms with E-state index < -0.39 is 0 Å². The third-order valence-corrected chi connectivity index (χ3v) is 4.79. The second kappa shape index (κ2) is 7.51. The Balaban J connectivity index is 1.75. The van der Waals surface area contributed by atoms with E-state index in [4.69, 9.17) is 9.15 Å². The van der Waals surface area contributed by atoms with E-state index in [2.05, 4.69) is 58.4 Å². The maximum atomic E-state index is 5.89. The molecule has 0 saturated carbocycles. The van der Waals surface area contributed by atoms with Crippen LogP contribution in [0.4, 0.5) is 0 Å². The van der Waals surface area contributed by atoms with Gasteiger partial charge in [-0.05, 0) is 51.2 Å². The molecular weight excluding hydrogens is 356 g/mol. The summed E-state index contributed by atoms with van der Waals surface area (Å²) in [7, 11) is 4.16.